The lowest BCUT2D eigenvalue weighted by atomic mass is 9.98. The summed E-state index contributed by atoms with van der Waals surface area (Å²) in [6.45, 7) is 1.02. The summed E-state index contributed by atoms with van der Waals surface area (Å²) in [4.78, 5) is 37.6. The van der Waals surface area contributed by atoms with Gasteiger partial charge in [0.15, 0.2) is 0 Å². The molecule has 186 valence electrons. The van der Waals surface area contributed by atoms with E-state index in [-0.39, 0.29) is 37.8 Å². The summed E-state index contributed by atoms with van der Waals surface area (Å²) in [5.74, 6) is -1.10. The van der Waals surface area contributed by atoms with Crippen molar-refractivity contribution >= 4 is 18.0 Å². The fourth-order valence-corrected chi connectivity index (χ4v) is 4.56. The van der Waals surface area contributed by atoms with Crippen LogP contribution in [0.3, 0.4) is 0 Å². The van der Waals surface area contributed by atoms with Crippen LogP contribution in [0.2, 0.25) is 0 Å². The van der Waals surface area contributed by atoms with E-state index in [0.717, 1.165) is 16.7 Å². The lowest BCUT2D eigenvalue weighted by Gasteiger charge is -2.22. The number of carbonyl (C=O) groups is 3. The monoisotopic (exact) mass is 486 g/mol. The van der Waals surface area contributed by atoms with Gasteiger partial charge in [-0.2, -0.15) is 0 Å². The fraction of sp³-hybridized carbons (Fsp3) is 0.276. The molecule has 0 radical (unpaired) electrons. The first-order valence-corrected chi connectivity index (χ1v) is 12.2. The van der Waals surface area contributed by atoms with E-state index in [9.17, 15) is 14.4 Å². The zero-order valence-electron chi connectivity index (χ0n) is 20.1. The summed E-state index contributed by atoms with van der Waals surface area (Å²) in [5.41, 5.74) is 5.58. The maximum atomic E-state index is 12.7. The number of aliphatic carboxylic acids is 1. The van der Waals surface area contributed by atoms with Gasteiger partial charge in [-0.1, -0.05) is 78.9 Å². The molecule has 3 aromatic rings. The molecule has 7 nitrogen and oxygen atoms in total. The number of benzene rings is 3. The van der Waals surface area contributed by atoms with Crippen LogP contribution in [0.1, 0.15) is 41.9 Å². The molecule has 36 heavy (non-hydrogen) atoms. The molecule has 0 saturated heterocycles. The van der Waals surface area contributed by atoms with Gasteiger partial charge in [0.25, 0.3) is 0 Å². The molecule has 0 fully saturated rings. The third-order valence-corrected chi connectivity index (χ3v) is 6.34. The third kappa shape index (κ3) is 6.30. The molecule has 0 atom stereocenters. The Morgan fingerprint density at radius 1 is 0.833 bits per heavy atom. The number of amides is 2. The Morgan fingerprint density at radius 2 is 1.44 bits per heavy atom. The van der Waals surface area contributed by atoms with Gasteiger partial charge in [0.05, 0.1) is 6.42 Å². The van der Waals surface area contributed by atoms with Crippen molar-refractivity contribution < 1.29 is 24.2 Å². The minimum Gasteiger partial charge on any atom is -0.481 e. The van der Waals surface area contributed by atoms with Crippen LogP contribution < -0.4 is 5.32 Å². The van der Waals surface area contributed by atoms with E-state index in [0.29, 0.717) is 19.5 Å². The molecular weight excluding hydrogens is 456 g/mol. The van der Waals surface area contributed by atoms with Crippen LogP contribution in [-0.2, 0) is 20.9 Å². The molecule has 3 aromatic carbocycles. The first-order chi connectivity index (χ1) is 17.5. The van der Waals surface area contributed by atoms with Crippen molar-refractivity contribution in [2.75, 3.05) is 19.7 Å². The number of hydrogen-bond acceptors (Lipinski definition) is 4. The molecule has 0 aliphatic heterocycles. The highest BCUT2D eigenvalue weighted by Gasteiger charge is 2.29. The average Bonchev–Trinajstić information content (AvgIpc) is 3.22. The van der Waals surface area contributed by atoms with Gasteiger partial charge in [-0.3, -0.25) is 9.59 Å². The topological polar surface area (TPSA) is 95.9 Å². The van der Waals surface area contributed by atoms with Crippen LogP contribution in [0.25, 0.3) is 11.1 Å². The first kappa shape index (κ1) is 25.0. The third-order valence-electron chi connectivity index (χ3n) is 6.34. The Balaban J connectivity index is 1.23. The second-order valence-corrected chi connectivity index (χ2v) is 8.80. The Labute approximate surface area is 210 Å². The number of rotatable bonds is 11. The number of fused-ring (bicyclic) bond motifs is 3. The number of carboxylic acid groups (broad SMARTS) is 1. The van der Waals surface area contributed by atoms with Crippen LogP contribution >= 0.6 is 0 Å². The van der Waals surface area contributed by atoms with E-state index in [1.165, 1.54) is 11.1 Å². The molecule has 0 saturated carbocycles. The van der Waals surface area contributed by atoms with Crippen LogP contribution in [-0.4, -0.2) is 47.7 Å². The van der Waals surface area contributed by atoms with Gasteiger partial charge in [-0.05, 0) is 34.2 Å². The molecule has 0 spiro atoms. The minimum atomic E-state index is -0.946. The van der Waals surface area contributed by atoms with Crippen molar-refractivity contribution in [2.45, 2.75) is 31.7 Å². The predicted octanol–water partition coefficient (Wildman–Crippen LogP) is 4.81. The van der Waals surface area contributed by atoms with E-state index in [2.05, 4.69) is 29.6 Å². The van der Waals surface area contributed by atoms with Crippen LogP contribution in [0.5, 0.6) is 0 Å². The van der Waals surface area contributed by atoms with Crippen LogP contribution in [0.4, 0.5) is 4.79 Å². The zero-order chi connectivity index (χ0) is 25.3. The Kier molecular flexibility index (Phi) is 8.34. The van der Waals surface area contributed by atoms with E-state index < -0.39 is 12.1 Å². The second kappa shape index (κ2) is 12.0. The highest BCUT2D eigenvalue weighted by molar-refractivity contribution is 5.79. The van der Waals surface area contributed by atoms with Crippen molar-refractivity contribution in [2.24, 2.45) is 0 Å². The number of carboxylic acids is 1. The summed E-state index contributed by atoms with van der Waals surface area (Å²) in [6, 6.07) is 25.8. The molecule has 0 aromatic heterocycles. The lowest BCUT2D eigenvalue weighted by Crippen LogP contribution is -2.33. The Morgan fingerprint density at radius 3 is 2.08 bits per heavy atom. The van der Waals surface area contributed by atoms with Gasteiger partial charge in [0.2, 0.25) is 5.91 Å². The second-order valence-electron chi connectivity index (χ2n) is 8.80. The van der Waals surface area contributed by atoms with E-state index >= 15 is 0 Å². The van der Waals surface area contributed by atoms with Crippen molar-refractivity contribution in [3.05, 3.63) is 95.6 Å². The maximum Gasteiger partial charge on any atom is 0.407 e. The standard InChI is InChI=1S/C29H30N2O5/c32-27(31(18-16-28(33)34)19-21-9-2-1-3-10-21)15-8-17-30-29(35)36-20-26-24-13-6-4-11-22(24)23-12-5-7-14-25(23)26/h1-7,9-14,26H,8,15-20H2,(H,30,35)(H,33,34). The maximum absolute atomic E-state index is 12.7. The molecule has 0 heterocycles. The number of carbonyl (C=O) groups excluding carboxylic acids is 2. The van der Waals surface area contributed by atoms with Crippen molar-refractivity contribution in [3.8, 4) is 11.1 Å². The highest BCUT2D eigenvalue weighted by atomic mass is 16.5. The van der Waals surface area contributed by atoms with Gasteiger partial charge in [0.1, 0.15) is 6.61 Å². The van der Waals surface area contributed by atoms with E-state index in [1.807, 2.05) is 54.6 Å². The molecule has 1 aliphatic carbocycles. The lowest BCUT2D eigenvalue weighted by molar-refractivity contribution is -0.138. The molecular formula is C29H30N2O5. The summed E-state index contributed by atoms with van der Waals surface area (Å²) >= 11 is 0. The van der Waals surface area contributed by atoms with Gasteiger partial charge < -0.3 is 20.1 Å². The van der Waals surface area contributed by atoms with Crippen molar-refractivity contribution in [1.29, 1.82) is 0 Å². The van der Waals surface area contributed by atoms with Crippen molar-refractivity contribution in [3.63, 3.8) is 0 Å². The minimum absolute atomic E-state index is 0.00879. The zero-order valence-corrected chi connectivity index (χ0v) is 20.1. The smallest absolute Gasteiger partial charge is 0.407 e. The average molecular weight is 487 g/mol. The largest absolute Gasteiger partial charge is 0.481 e. The van der Waals surface area contributed by atoms with E-state index in [4.69, 9.17) is 9.84 Å². The summed E-state index contributed by atoms with van der Waals surface area (Å²) < 4.78 is 5.53. The number of ether oxygens (including phenoxy) is 1. The predicted molar refractivity (Wildman–Crippen MR) is 136 cm³/mol. The van der Waals surface area contributed by atoms with E-state index in [1.54, 1.807) is 4.90 Å². The molecule has 7 heteroatoms. The SMILES string of the molecule is O=C(O)CCN(Cc1ccccc1)C(=O)CCCNC(=O)OCC1c2ccccc2-c2ccccc21. The Bertz CT molecular complexity index is 1170. The number of nitrogens with one attached hydrogen (secondary N) is 1. The van der Waals surface area contributed by atoms with Crippen LogP contribution in [0, 0.1) is 0 Å². The summed E-state index contributed by atoms with van der Waals surface area (Å²) in [5, 5.41) is 11.7. The fourth-order valence-electron chi connectivity index (χ4n) is 4.56. The molecule has 1 aliphatic rings. The van der Waals surface area contributed by atoms with Gasteiger partial charge in [-0.25, -0.2) is 4.79 Å². The number of alkyl carbamates (subject to hydrolysis) is 1. The Hall–Kier alpha value is -4.13. The number of nitrogens with zero attached hydrogens (tertiary/aromatic N) is 1. The molecule has 0 bridgehead atoms. The summed E-state index contributed by atoms with van der Waals surface area (Å²) in [7, 11) is 0. The van der Waals surface area contributed by atoms with Gasteiger partial charge >= 0.3 is 12.1 Å². The highest BCUT2D eigenvalue weighted by Crippen LogP contribution is 2.44. The normalized spacial score (nSPS) is 11.9. The molecule has 0 unspecified atom stereocenters. The summed E-state index contributed by atoms with van der Waals surface area (Å²) in [6.07, 6.45) is 0.00461. The number of hydrogen-bond donors (Lipinski definition) is 2. The van der Waals surface area contributed by atoms with Gasteiger partial charge in [-0.15, -0.1) is 0 Å². The molecule has 2 N–H and O–H groups in total. The van der Waals surface area contributed by atoms with Crippen molar-refractivity contribution in [1.82, 2.24) is 10.2 Å². The van der Waals surface area contributed by atoms with Crippen LogP contribution in [0.15, 0.2) is 78.9 Å². The molecule has 4 rings (SSSR count). The molecule has 2 amide bonds. The first-order valence-electron chi connectivity index (χ1n) is 12.2. The quantitative estimate of drug-likeness (QED) is 0.379. The van der Waals surface area contributed by atoms with Gasteiger partial charge in [0, 0.05) is 32.0 Å².